The second-order valence-electron chi connectivity index (χ2n) is 3.32. The number of ketones is 1. The van der Waals surface area contributed by atoms with Gasteiger partial charge in [0, 0.05) is 13.0 Å². The fourth-order valence-electron chi connectivity index (χ4n) is 1.24. The molecule has 1 aromatic heterocycles. The summed E-state index contributed by atoms with van der Waals surface area (Å²) in [5.74, 6) is -0.0605. The monoisotopic (exact) mass is 235 g/mol. The summed E-state index contributed by atoms with van der Waals surface area (Å²) in [6, 6.07) is 0. The summed E-state index contributed by atoms with van der Waals surface area (Å²) in [7, 11) is 0. The van der Waals surface area contributed by atoms with Crippen molar-refractivity contribution in [1.82, 2.24) is 14.8 Å². The van der Waals surface area contributed by atoms with E-state index in [1.807, 2.05) is 6.92 Å². The van der Waals surface area contributed by atoms with Gasteiger partial charge in [-0.25, -0.2) is 9.67 Å². The summed E-state index contributed by atoms with van der Waals surface area (Å²) in [4.78, 5) is 15.1. The van der Waals surface area contributed by atoms with E-state index in [1.54, 1.807) is 0 Å². The highest BCUT2D eigenvalue weighted by Crippen LogP contribution is 2.21. The second-order valence-corrected chi connectivity index (χ2v) is 3.32. The van der Waals surface area contributed by atoms with E-state index < -0.39 is 24.8 Å². The zero-order valence-electron chi connectivity index (χ0n) is 8.79. The van der Waals surface area contributed by atoms with Crippen molar-refractivity contribution >= 4 is 5.78 Å². The van der Waals surface area contributed by atoms with Crippen molar-refractivity contribution in [1.29, 1.82) is 0 Å². The summed E-state index contributed by atoms with van der Waals surface area (Å²) in [5, 5.41) is 3.83. The van der Waals surface area contributed by atoms with Crippen LogP contribution in [0.2, 0.25) is 0 Å². The Morgan fingerprint density at radius 1 is 1.50 bits per heavy atom. The standard InChI is InChI=1S/C9H12F3N3O/c1-2-15-8(13-6-14-15)5-7(16)3-4-9(10,11)12/h6H,2-5H2,1H3. The molecule has 0 atom stereocenters. The number of halogens is 3. The van der Waals surface area contributed by atoms with E-state index in [0.29, 0.717) is 12.4 Å². The molecular formula is C9H12F3N3O. The Morgan fingerprint density at radius 2 is 2.19 bits per heavy atom. The van der Waals surface area contributed by atoms with Crippen LogP contribution in [0.3, 0.4) is 0 Å². The Labute approximate surface area is 90.5 Å². The van der Waals surface area contributed by atoms with Gasteiger partial charge in [-0.2, -0.15) is 18.3 Å². The minimum atomic E-state index is -4.28. The molecule has 0 saturated carbocycles. The number of nitrogens with zero attached hydrogens (tertiary/aromatic N) is 3. The predicted octanol–water partition coefficient (Wildman–Crippen LogP) is 1.75. The average Bonchev–Trinajstić information content (AvgIpc) is 2.61. The van der Waals surface area contributed by atoms with Crippen LogP contribution in [0, 0.1) is 0 Å². The molecule has 0 aliphatic rings. The topological polar surface area (TPSA) is 47.8 Å². The summed E-state index contributed by atoms with van der Waals surface area (Å²) in [6.45, 7) is 2.36. The van der Waals surface area contributed by atoms with E-state index in [2.05, 4.69) is 10.1 Å². The number of carbonyl (C=O) groups excluding carboxylic acids is 1. The molecule has 0 saturated heterocycles. The maximum absolute atomic E-state index is 11.9. The van der Waals surface area contributed by atoms with E-state index in [-0.39, 0.29) is 6.42 Å². The molecule has 0 unspecified atom stereocenters. The van der Waals surface area contributed by atoms with Gasteiger partial charge in [-0.1, -0.05) is 0 Å². The van der Waals surface area contributed by atoms with Gasteiger partial charge in [-0.05, 0) is 6.92 Å². The molecule has 1 heterocycles. The highest BCUT2D eigenvalue weighted by atomic mass is 19.4. The van der Waals surface area contributed by atoms with Crippen molar-refractivity contribution in [2.45, 2.75) is 38.9 Å². The van der Waals surface area contributed by atoms with Crippen molar-refractivity contribution in [2.75, 3.05) is 0 Å². The van der Waals surface area contributed by atoms with E-state index in [9.17, 15) is 18.0 Å². The molecule has 0 aliphatic carbocycles. The van der Waals surface area contributed by atoms with Crippen molar-refractivity contribution in [2.24, 2.45) is 0 Å². The highest BCUT2D eigenvalue weighted by Gasteiger charge is 2.28. The van der Waals surface area contributed by atoms with Gasteiger partial charge in [-0.3, -0.25) is 4.79 Å². The maximum atomic E-state index is 11.9. The van der Waals surface area contributed by atoms with E-state index in [1.165, 1.54) is 11.0 Å². The molecule has 90 valence electrons. The quantitative estimate of drug-likeness (QED) is 0.781. The summed E-state index contributed by atoms with van der Waals surface area (Å²) in [5.41, 5.74) is 0. The van der Waals surface area contributed by atoms with Crippen molar-refractivity contribution in [3.8, 4) is 0 Å². The van der Waals surface area contributed by atoms with Gasteiger partial charge in [0.2, 0.25) is 0 Å². The summed E-state index contributed by atoms with van der Waals surface area (Å²) >= 11 is 0. The van der Waals surface area contributed by atoms with E-state index >= 15 is 0 Å². The van der Waals surface area contributed by atoms with Gasteiger partial charge in [0.15, 0.2) is 0 Å². The summed E-state index contributed by atoms with van der Waals surface area (Å²) in [6.07, 6.45) is -4.67. The second kappa shape index (κ2) is 5.09. The molecule has 16 heavy (non-hydrogen) atoms. The average molecular weight is 235 g/mol. The largest absolute Gasteiger partial charge is 0.389 e. The molecule has 7 heteroatoms. The molecule has 0 fully saturated rings. The molecule has 0 aromatic carbocycles. The predicted molar refractivity (Wildman–Crippen MR) is 49.7 cm³/mol. The number of Topliss-reactive ketones (excluding diaryl/α,β-unsaturated/α-hetero) is 1. The van der Waals surface area contributed by atoms with Crippen molar-refractivity contribution in [3.63, 3.8) is 0 Å². The Morgan fingerprint density at radius 3 is 2.75 bits per heavy atom. The molecule has 4 nitrogen and oxygen atoms in total. The third-order valence-corrected chi connectivity index (χ3v) is 2.04. The number of hydrogen-bond acceptors (Lipinski definition) is 3. The third-order valence-electron chi connectivity index (χ3n) is 2.04. The molecule has 1 aromatic rings. The zero-order valence-corrected chi connectivity index (χ0v) is 8.79. The van der Waals surface area contributed by atoms with Crippen LogP contribution in [0.5, 0.6) is 0 Å². The van der Waals surface area contributed by atoms with E-state index in [0.717, 1.165) is 0 Å². The van der Waals surface area contributed by atoms with Gasteiger partial charge in [-0.15, -0.1) is 0 Å². The van der Waals surface area contributed by atoms with Crippen LogP contribution < -0.4 is 0 Å². The van der Waals surface area contributed by atoms with Crippen LogP contribution in [-0.4, -0.2) is 26.7 Å². The fourth-order valence-corrected chi connectivity index (χ4v) is 1.24. The first-order valence-corrected chi connectivity index (χ1v) is 4.87. The number of carbonyl (C=O) groups is 1. The summed E-state index contributed by atoms with van der Waals surface area (Å²) < 4.78 is 37.1. The van der Waals surface area contributed by atoms with Gasteiger partial charge in [0.25, 0.3) is 0 Å². The molecule has 0 N–H and O–H groups in total. The zero-order chi connectivity index (χ0) is 12.2. The number of aryl methyl sites for hydroxylation is 1. The van der Waals surface area contributed by atoms with Gasteiger partial charge >= 0.3 is 6.18 Å². The first-order valence-electron chi connectivity index (χ1n) is 4.87. The Kier molecular flexibility index (Phi) is 4.03. The SMILES string of the molecule is CCn1ncnc1CC(=O)CCC(F)(F)F. The van der Waals surface area contributed by atoms with Crippen molar-refractivity contribution in [3.05, 3.63) is 12.2 Å². The van der Waals surface area contributed by atoms with Crippen LogP contribution in [-0.2, 0) is 17.8 Å². The lowest BCUT2D eigenvalue weighted by Gasteiger charge is -2.05. The minimum absolute atomic E-state index is 0.0933. The van der Waals surface area contributed by atoms with Gasteiger partial charge < -0.3 is 0 Å². The van der Waals surface area contributed by atoms with Gasteiger partial charge in [0.1, 0.15) is 17.9 Å². The van der Waals surface area contributed by atoms with Crippen LogP contribution in [0.25, 0.3) is 0 Å². The smallest absolute Gasteiger partial charge is 0.299 e. The lowest BCUT2D eigenvalue weighted by atomic mass is 10.1. The number of aromatic nitrogens is 3. The van der Waals surface area contributed by atoms with E-state index in [4.69, 9.17) is 0 Å². The van der Waals surface area contributed by atoms with Crippen LogP contribution in [0.4, 0.5) is 13.2 Å². The highest BCUT2D eigenvalue weighted by molar-refractivity contribution is 5.80. The lowest BCUT2D eigenvalue weighted by molar-refractivity contribution is -0.143. The molecule has 0 aliphatic heterocycles. The van der Waals surface area contributed by atoms with Crippen LogP contribution in [0.1, 0.15) is 25.6 Å². The normalized spacial score (nSPS) is 11.8. The Bertz CT molecular complexity index is 359. The Hall–Kier alpha value is -1.40. The minimum Gasteiger partial charge on any atom is -0.299 e. The molecule has 1 rings (SSSR count). The van der Waals surface area contributed by atoms with Crippen LogP contribution in [0.15, 0.2) is 6.33 Å². The third kappa shape index (κ3) is 4.00. The van der Waals surface area contributed by atoms with Crippen molar-refractivity contribution < 1.29 is 18.0 Å². The molecule has 0 spiro atoms. The number of alkyl halides is 3. The van der Waals surface area contributed by atoms with Crippen LogP contribution >= 0.6 is 0 Å². The fraction of sp³-hybridized carbons (Fsp3) is 0.667. The molecule has 0 amide bonds. The lowest BCUT2D eigenvalue weighted by Crippen LogP contribution is -2.14. The molecule has 0 radical (unpaired) electrons. The first kappa shape index (κ1) is 12.7. The maximum Gasteiger partial charge on any atom is 0.389 e. The first-order chi connectivity index (χ1) is 7.42. The number of rotatable bonds is 5. The molecule has 0 bridgehead atoms. The number of hydrogen-bond donors (Lipinski definition) is 0. The molecular weight excluding hydrogens is 223 g/mol. The Balaban J connectivity index is 2.46. The van der Waals surface area contributed by atoms with Gasteiger partial charge in [0.05, 0.1) is 12.8 Å².